The number of methoxy groups -OCH3 is 1. The van der Waals surface area contributed by atoms with Gasteiger partial charge in [-0.3, -0.25) is 9.59 Å². The van der Waals surface area contributed by atoms with Crippen LogP contribution in [-0.4, -0.2) is 18.9 Å². The van der Waals surface area contributed by atoms with E-state index in [0.717, 1.165) is 5.56 Å². The minimum absolute atomic E-state index is 0.170. The topological polar surface area (TPSA) is 80.6 Å². The number of nitrogens with one attached hydrogen (secondary N) is 2. The normalized spacial score (nSPS) is 10.3. The fourth-order valence-electron chi connectivity index (χ4n) is 1.94. The van der Waals surface area contributed by atoms with E-state index in [4.69, 9.17) is 9.15 Å². The molecule has 1 aromatic carbocycles. The maximum Gasteiger partial charge on any atom is 0.291 e. The van der Waals surface area contributed by atoms with E-state index in [0.29, 0.717) is 23.7 Å². The van der Waals surface area contributed by atoms with E-state index in [1.54, 1.807) is 31.4 Å². The van der Waals surface area contributed by atoms with Gasteiger partial charge in [0.15, 0.2) is 5.76 Å². The van der Waals surface area contributed by atoms with Gasteiger partial charge in [0.25, 0.3) is 5.91 Å². The van der Waals surface area contributed by atoms with E-state index in [1.807, 2.05) is 13.0 Å². The molecule has 6 heteroatoms. The van der Waals surface area contributed by atoms with Gasteiger partial charge in [-0.2, -0.15) is 0 Å². The average Bonchev–Trinajstić information content (AvgIpc) is 2.91. The summed E-state index contributed by atoms with van der Waals surface area (Å²) >= 11 is 0. The van der Waals surface area contributed by atoms with Crippen molar-refractivity contribution >= 4 is 23.2 Å². The quantitative estimate of drug-likeness (QED) is 0.890. The van der Waals surface area contributed by atoms with Crippen LogP contribution in [0.2, 0.25) is 0 Å². The predicted molar refractivity (Wildman–Crippen MR) is 82.9 cm³/mol. The van der Waals surface area contributed by atoms with Gasteiger partial charge in [0, 0.05) is 25.4 Å². The number of hydrogen-bond donors (Lipinski definition) is 2. The summed E-state index contributed by atoms with van der Waals surface area (Å²) in [5.74, 6) is 0.259. The number of rotatable bonds is 5. The molecule has 0 atom stereocenters. The largest absolute Gasteiger partial charge is 0.453 e. The lowest BCUT2D eigenvalue weighted by molar-refractivity contribution is -0.114. The fourth-order valence-corrected chi connectivity index (χ4v) is 1.94. The zero-order valence-electron chi connectivity index (χ0n) is 12.7. The Morgan fingerprint density at radius 3 is 2.64 bits per heavy atom. The molecule has 0 saturated carbocycles. The van der Waals surface area contributed by atoms with Gasteiger partial charge >= 0.3 is 0 Å². The summed E-state index contributed by atoms with van der Waals surface area (Å²) in [5, 5.41) is 5.45. The molecule has 0 unspecified atom stereocenters. The van der Waals surface area contributed by atoms with Crippen molar-refractivity contribution < 1.29 is 18.7 Å². The van der Waals surface area contributed by atoms with Crippen LogP contribution in [0.15, 0.2) is 34.7 Å². The van der Waals surface area contributed by atoms with E-state index >= 15 is 0 Å². The Bertz CT molecular complexity index is 691. The maximum atomic E-state index is 12.2. The third-order valence-electron chi connectivity index (χ3n) is 2.98. The number of carbonyl (C=O) groups is 2. The first-order valence-corrected chi connectivity index (χ1v) is 6.77. The Morgan fingerprint density at radius 2 is 1.95 bits per heavy atom. The minimum Gasteiger partial charge on any atom is -0.453 e. The molecule has 6 nitrogen and oxygen atoms in total. The van der Waals surface area contributed by atoms with Crippen molar-refractivity contribution in [2.75, 3.05) is 17.7 Å². The highest BCUT2D eigenvalue weighted by Crippen LogP contribution is 2.21. The Hall–Kier alpha value is -2.60. The Labute approximate surface area is 128 Å². The summed E-state index contributed by atoms with van der Waals surface area (Å²) in [5.41, 5.74) is 2.11. The monoisotopic (exact) mass is 302 g/mol. The number of furan rings is 1. The van der Waals surface area contributed by atoms with Crippen molar-refractivity contribution in [3.8, 4) is 0 Å². The SMILES string of the molecule is COCc1ccc(C(=O)Nc2cc(NC(C)=O)ccc2C)o1. The molecule has 2 aromatic rings. The van der Waals surface area contributed by atoms with Gasteiger partial charge < -0.3 is 19.8 Å². The molecule has 2 N–H and O–H groups in total. The van der Waals surface area contributed by atoms with Crippen LogP contribution in [0.1, 0.15) is 28.8 Å². The molecule has 116 valence electrons. The second-order valence-corrected chi connectivity index (χ2v) is 4.86. The van der Waals surface area contributed by atoms with Crippen LogP contribution >= 0.6 is 0 Å². The smallest absolute Gasteiger partial charge is 0.291 e. The predicted octanol–water partition coefficient (Wildman–Crippen LogP) is 2.95. The molecule has 0 aliphatic rings. The van der Waals surface area contributed by atoms with Crippen LogP contribution < -0.4 is 10.6 Å². The molecule has 0 aliphatic carbocycles. The maximum absolute atomic E-state index is 12.2. The van der Waals surface area contributed by atoms with Crippen LogP contribution in [0.5, 0.6) is 0 Å². The van der Waals surface area contributed by atoms with Gasteiger partial charge in [-0.15, -0.1) is 0 Å². The number of anilines is 2. The zero-order valence-corrected chi connectivity index (χ0v) is 12.7. The third kappa shape index (κ3) is 3.95. The van der Waals surface area contributed by atoms with Gasteiger partial charge in [0.1, 0.15) is 12.4 Å². The molecule has 0 fully saturated rings. The number of amides is 2. The number of aryl methyl sites for hydroxylation is 1. The highest BCUT2D eigenvalue weighted by atomic mass is 16.5. The highest BCUT2D eigenvalue weighted by molar-refractivity contribution is 6.03. The molecule has 2 rings (SSSR count). The van der Waals surface area contributed by atoms with E-state index in [2.05, 4.69) is 10.6 Å². The van der Waals surface area contributed by atoms with E-state index < -0.39 is 0 Å². The van der Waals surface area contributed by atoms with Gasteiger partial charge in [0.2, 0.25) is 5.91 Å². The zero-order chi connectivity index (χ0) is 16.1. The van der Waals surface area contributed by atoms with Crippen molar-refractivity contribution in [2.45, 2.75) is 20.5 Å². The first-order chi connectivity index (χ1) is 10.5. The van der Waals surface area contributed by atoms with Crippen molar-refractivity contribution in [3.63, 3.8) is 0 Å². The lowest BCUT2D eigenvalue weighted by Crippen LogP contribution is -2.13. The van der Waals surface area contributed by atoms with E-state index in [9.17, 15) is 9.59 Å². The summed E-state index contributed by atoms with van der Waals surface area (Å²) < 4.78 is 10.3. The summed E-state index contributed by atoms with van der Waals surface area (Å²) in [7, 11) is 1.55. The molecule has 0 saturated heterocycles. The van der Waals surface area contributed by atoms with Crippen LogP contribution in [0.25, 0.3) is 0 Å². The molecule has 0 aliphatic heterocycles. The first kappa shape index (κ1) is 15.8. The summed E-state index contributed by atoms with van der Waals surface area (Å²) in [6, 6.07) is 8.58. The molecule has 0 bridgehead atoms. The lowest BCUT2D eigenvalue weighted by atomic mass is 10.1. The van der Waals surface area contributed by atoms with Crippen molar-refractivity contribution in [1.82, 2.24) is 0 Å². The van der Waals surface area contributed by atoms with Gasteiger partial charge in [-0.25, -0.2) is 0 Å². The van der Waals surface area contributed by atoms with Crippen LogP contribution in [0.3, 0.4) is 0 Å². The minimum atomic E-state index is -0.356. The van der Waals surface area contributed by atoms with E-state index in [1.165, 1.54) is 6.92 Å². The fraction of sp³-hybridized carbons (Fsp3) is 0.250. The van der Waals surface area contributed by atoms with Crippen LogP contribution in [0, 0.1) is 6.92 Å². The van der Waals surface area contributed by atoms with Crippen LogP contribution in [-0.2, 0) is 16.1 Å². The highest BCUT2D eigenvalue weighted by Gasteiger charge is 2.13. The lowest BCUT2D eigenvalue weighted by Gasteiger charge is -2.10. The molecule has 0 radical (unpaired) electrons. The van der Waals surface area contributed by atoms with Gasteiger partial charge in [-0.1, -0.05) is 6.07 Å². The molecular formula is C16H18N2O4. The average molecular weight is 302 g/mol. The molecule has 1 aromatic heterocycles. The van der Waals surface area contributed by atoms with Gasteiger partial charge in [-0.05, 0) is 36.8 Å². The number of hydrogen-bond acceptors (Lipinski definition) is 4. The Kier molecular flexibility index (Phi) is 4.95. The van der Waals surface area contributed by atoms with Crippen molar-refractivity contribution in [2.24, 2.45) is 0 Å². The number of benzene rings is 1. The number of carbonyl (C=O) groups excluding carboxylic acids is 2. The molecule has 1 heterocycles. The Morgan fingerprint density at radius 1 is 1.18 bits per heavy atom. The standard InChI is InChI=1S/C16H18N2O4/c1-10-4-5-12(17-11(2)19)8-14(10)18-16(20)15-7-6-13(22-15)9-21-3/h4-8H,9H2,1-3H3,(H,17,19)(H,18,20). The van der Waals surface area contributed by atoms with Crippen molar-refractivity contribution in [3.05, 3.63) is 47.4 Å². The second-order valence-electron chi connectivity index (χ2n) is 4.86. The molecule has 2 amide bonds. The second kappa shape index (κ2) is 6.91. The summed E-state index contributed by atoms with van der Waals surface area (Å²) in [6.07, 6.45) is 0. The van der Waals surface area contributed by atoms with E-state index in [-0.39, 0.29) is 17.6 Å². The Balaban J connectivity index is 2.14. The van der Waals surface area contributed by atoms with Gasteiger partial charge in [0.05, 0.1) is 0 Å². The summed E-state index contributed by atoms with van der Waals surface area (Å²) in [4.78, 5) is 23.3. The molecule has 0 spiro atoms. The van der Waals surface area contributed by atoms with Crippen LogP contribution in [0.4, 0.5) is 11.4 Å². The third-order valence-corrected chi connectivity index (χ3v) is 2.98. The molecular weight excluding hydrogens is 284 g/mol. The van der Waals surface area contributed by atoms with Crippen molar-refractivity contribution in [1.29, 1.82) is 0 Å². The molecule has 22 heavy (non-hydrogen) atoms. The number of ether oxygens (including phenoxy) is 1. The summed E-state index contributed by atoms with van der Waals surface area (Å²) in [6.45, 7) is 3.61. The first-order valence-electron chi connectivity index (χ1n) is 6.77.